The summed E-state index contributed by atoms with van der Waals surface area (Å²) >= 11 is 0. The fourth-order valence-corrected chi connectivity index (χ4v) is 1.03. The number of benzene rings is 1. The molecule has 0 aliphatic carbocycles. The average molecular weight is 179 g/mol. The molecule has 0 aliphatic rings. The first kappa shape index (κ1) is 9.54. The summed E-state index contributed by atoms with van der Waals surface area (Å²) in [6, 6.07) is 8.70. The van der Waals surface area contributed by atoms with E-state index in [0.29, 0.717) is 6.54 Å². The van der Waals surface area contributed by atoms with Gasteiger partial charge in [-0.15, -0.1) is 0 Å². The number of amides is 2. The van der Waals surface area contributed by atoms with Crippen LogP contribution >= 0.6 is 0 Å². The van der Waals surface area contributed by atoms with Gasteiger partial charge in [0.25, 0.3) is 0 Å². The van der Waals surface area contributed by atoms with Crippen LogP contribution in [0.5, 0.6) is 0 Å². The number of urea groups is 1. The predicted octanol–water partition coefficient (Wildman–Crippen LogP) is 1.10. The lowest BCUT2D eigenvalue weighted by atomic mass is 10.3. The number of hydrogen-bond acceptors (Lipinski definition) is 2. The van der Waals surface area contributed by atoms with Gasteiger partial charge in [0.1, 0.15) is 0 Å². The summed E-state index contributed by atoms with van der Waals surface area (Å²) in [5.74, 6) is 0. The number of carbonyl (C=O) groups excluding carboxylic acids is 1. The van der Waals surface area contributed by atoms with Gasteiger partial charge in [-0.1, -0.05) is 25.1 Å². The fourth-order valence-electron chi connectivity index (χ4n) is 1.03. The molecule has 0 bridgehead atoms. The minimum absolute atomic E-state index is 0.506. The number of anilines is 1. The van der Waals surface area contributed by atoms with Crippen molar-refractivity contribution in [3.63, 3.8) is 0 Å². The van der Waals surface area contributed by atoms with Gasteiger partial charge in [0.2, 0.25) is 0 Å². The van der Waals surface area contributed by atoms with Crippen molar-refractivity contribution in [1.29, 1.82) is 0 Å². The van der Waals surface area contributed by atoms with E-state index in [1.807, 2.05) is 37.3 Å². The van der Waals surface area contributed by atoms with Gasteiger partial charge in [0.15, 0.2) is 0 Å². The van der Waals surface area contributed by atoms with Crippen molar-refractivity contribution in [1.82, 2.24) is 5.43 Å². The maximum Gasteiger partial charge on any atom is 0.333 e. The highest BCUT2D eigenvalue weighted by Gasteiger charge is 2.09. The molecule has 0 heterocycles. The smallest absolute Gasteiger partial charge is 0.333 e. The molecule has 0 spiro atoms. The lowest BCUT2D eigenvalue weighted by Gasteiger charge is -2.19. The van der Waals surface area contributed by atoms with Gasteiger partial charge in [-0.05, 0) is 12.1 Å². The molecule has 0 fully saturated rings. The molecular formula is C9H13N3O. The van der Waals surface area contributed by atoms with E-state index < -0.39 is 6.03 Å². The Morgan fingerprint density at radius 3 is 2.54 bits per heavy atom. The van der Waals surface area contributed by atoms with Gasteiger partial charge < -0.3 is 5.73 Å². The third-order valence-electron chi connectivity index (χ3n) is 1.55. The molecule has 0 saturated heterocycles. The number of nitrogens with two attached hydrogens (primary N) is 1. The zero-order valence-electron chi connectivity index (χ0n) is 7.53. The van der Waals surface area contributed by atoms with E-state index in [0.717, 1.165) is 5.69 Å². The summed E-state index contributed by atoms with van der Waals surface area (Å²) in [6.07, 6.45) is 0. The van der Waals surface area contributed by atoms with Crippen molar-refractivity contribution < 1.29 is 4.79 Å². The highest BCUT2D eigenvalue weighted by atomic mass is 16.2. The predicted molar refractivity (Wildman–Crippen MR) is 52.2 cm³/mol. The number of rotatable bonds is 3. The average Bonchev–Trinajstić information content (AvgIpc) is 2.15. The highest BCUT2D eigenvalue weighted by molar-refractivity contribution is 5.89. The maximum atomic E-state index is 11.0. The van der Waals surface area contributed by atoms with E-state index in [2.05, 4.69) is 5.43 Å². The van der Waals surface area contributed by atoms with E-state index in [4.69, 9.17) is 5.73 Å². The standard InChI is InChI=1S/C9H13N3O/c1-2-11-12(9(10)13)8-6-4-3-5-7-8/h3-7,11H,2H2,1H3,(H2,10,13). The summed E-state index contributed by atoms with van der Waals surface area (Å²) in [7, 11) is 0. The van der Waals surface area contributed by atoms with Crippen LogP contribution in [0.1, 0.15) is 6.92 Å². The summed E-state index contributed by atoms with van der Waals surface area (Å²) in [4.78, 5) is 11.0. The first-order valence-corrected chi connectivity index (χ1v) is 4.13. The summed E-state index contributed by atoms with van der Waals surface area (Å²) in [6.45, 7) is 2.55. The summed E-state index contributed by atoms with van der Waals surface area (Å²) in [5, 5.41) is 1.32. The van der Waals surface area contributed by atoms with Gasteiger partial charge in [-0.2, -0.15) is 0 Å². The second-order valence-corrected chi connectivity index (χ2v) is 2.52. The highest BCUT2D eigenvalue weighted by Crippen LogP contribution is 2.09. The molecule has 0 saturated carbocycles. The third-order valence-corrected chi connectivity index (χ3v) is 1.55. The SMILES string of the molecule is CCNN(C(N)=O)c1ccccc1. The number of nitrogens with one attached hydrogen (secondary N) is 1. The Morgan fingerprint density at radius 1 is 1.46 bits per heavy atom. The largest absolute Gasteiger partial charge is 0.350 e. The Bertz CT molecular complexity index is 273. The molecule has 0 atom stereocenters. The lowest BCUT2D eigenvalue weighted by Crippen LogP contribution is -2.46. The van der Waals surface area contributed by atoms with Gasteiger partial charge in [-0.3, -0.25) is 0 Å². The van der Waals surface area contributed by atoms with Crippen molar-refractivity contribution in [2.45, 2.75) is 6.92 Å². The molecule has 0 unspecified atom stereocenters. The Morgan fingerprint density at radius 2 is 2.08 bits per heavy atom. The summed E-state index contributed by atoms with van der Waals surface area (Å²) < 4.78 is 0. The quantitative estimate of drug-likeness (QED) is 0.682. The molecule has 0 aliphatic heterocycles. The van der Waals surface area contributed by atoms with Crippen LogP contribution in [0.4, 0.5) is 10.5 Å². The van der Waals surface area contributed by atoms with Crippen molar-refractivity contribution in [2.24, 2.45) is 5.73 Å². The third kappa shape index (κ3) is 2.45. The summed E-state index contributed by atoms with van der Waals surface area (Å²) in [5.41, 5.74) is 8.78. The van der Waals surface area contributed by atoms with Crippen LogP contribution < -0.4 is 16.2 Å². The van der Waals surface area contributed by atoms with Crippen LogP contribution in [0.3, 0.4) is 0 Å². The number of carbonyl (C=O) groups is 1. The Kier molecular flexibility index (Phi) is 3.28. The van der Waals surface area contributed by atoms with Gasteiger partial charge >= 0.3 is 6.03 Å². The van der Waals surface area contributed by atoms with E-state index >= 15 is 0 Å². The molecule has 1 aromatic rings. The fraction of sp³-hybridized carbons (Fsp3) is 0.222. The molecule has 2 amide bonds. The molecule has 70 valence electrons. The van der Waals surface area contributed by atoms with Crippen LogP contribution in [0.25, 0.3) is 0 Å². The zero-order chi connectivity index (χ0) is 9.68. The first-order valence-electron chi connectivity index (χ1n) is 4.13. The molecule has 1 rings (SSSR count). The number of hydrazine groups is 1. The molecule has 4 heteroatoms. The van der Waals surface area contributed by atoms with Crippen LogP contribution in [0.2, 0.25) is 0 Å². The molecule has 13 heavy (non-hydrogen) atoms. The normalized spacial score (nSPS) is 9.62. The maximum absolute atomic E-state index is 11.0. The Hall–Kier alpha value is -1.55. The number of nitrogens with zero attached hydrogens (tertiary/aromatic N) is 1. The van der Waals surface area contributed by atoms with Crippen molar-refractivity contribution in [2.75, 3.05) is 11.6 Å². The van der Waals surface area contributed by atoms with Crippen LogP contribution in [0.15, 0.2) is 30.3 Å². The first-order chi connectivity index (χ1) is 6.25. The molecule has 3 N–H and O–H groups in total. The molecule has 0 radical (unpaired) electrons. The number of para-hydroxylation sites is 1. The molecule has 0 aromatic heterocycles. The number of primary amides is 1. The zero-order valence-corrected chi connectivity index (χ0v) is 7.53. The van der Waals surface area contributed by atoms with Gasteiger partial charge in [0, 0.05) is 6.54 Å². The monoisotopic (exact) mass is 179 g/mol. The Labute approximate surface area is 77.3 Å². The van der Waals surface area contributed by atoms with Gasteiger partial charge in [-0.25, -0.2) is 15.2 Å². The minimum atomic E-state index is -0.506. The topological polar surface area (TPSA) is 58.4 Å². The molecular weight excluding hydrogens is 166 g/mol. The van der Waals surface area contributed by atoms with Crippen LogP contribution in [-0.2, 0) is 0 Å². The van der Waals surface area contributed by atoms with Crippen LogP contribution in [-0.4, -0.2) is 12.6 Å². The number of hydrogen-bond donors (Lipinski definition) is 2. The second-order valence-electron chi connectivity index (χ2n) is 2.52. The lowest BCUT2D eigenvalue weighted by molar-refractivity contribution is 0.251. The Balaban J connectivity index is 2.82. The minimum Gasteiger partial charge on any atom is -0.350 e. The van der Waals surface area contributed by atoms with Crippen molar-refractivity contribution in [3.05, 3.63) is 30.3 Å². The van der Waals surface area contributed by atoms with E-state index in [9.17, 15) is 4.79 Å². The van der Waals surface area contributed by atoms with Gasteiger partial charge in [0.05, 0.1) is 5.69 Å². The van der Waals surface area contributed by atoms with E-state index in [1.165, 1.54) is 5.01 Å². The van der Waals surface area contributed by atoms with E-state index in [1.54, 1.807) is 0 Å². The van der Waals surface area contributed by atoms with E-state index in [-0.39, 0.29) is 0 Å². The molecule has 4 nitrogen and oxygen atoms in total. The second kappa shape index (κ2) is 4.47. The van der Waals surface area contributed by atoms with Crippen LogP contribution in [0, 0.1) is 0 Å². The van der Waals surface area contributed by atoms with Crippen molar-refractivity contribution in [3.8, 4) is 0 Å². The molecule has 1 aromatic carbocycles. The van der Waals surface area contributed by atoms with Crippen molar-refractivity contribution >= 4 is 11.7 Å².